The molecule has 0 saturated carbocycles. The van der Waals surface area contributed by atoms with E-state index in [4.69, 9.17) is 23.2 Å². The molecule has 2 aromatic carbocycles. The Morgan fingerprint density at radius 2 is 1.86 bits per heavy atom. The maximum atomic E-state index is 13.1. The highest BCUT2D eigenvalue weighted by Crippen LogP contribution is 2.25. The molecular weight excluding hydrogens is 417 g/mol. The van der Waals surface area contributed by atoms with Crippen molar-refractivity contribution in [2.24, 2.45) is 0 Å². The van der Waals surface area contributed by atoms with E-state index in [1.807, 2.05) is 0 Å². The normalized spacial score (nSPS) is 11.6. The largest absolute Gasteiger partial charge is 0.355 e. The van der Waals surface area contributed by atoms with Crippen molar-refractivity contribution in [3.63, 3.8) is 0 Å². The molecule has 0 heterocycles. The van der Waals surface area contributed by atoms with Crippen LogP contribution < -0.4 is 5.32 Å². The summed E-state index contributed by atoms with van der Waals surface area (Å²) in [6.07, 6.45) is -0.206. The summed E-state index contributed by atoms with van der Waals surface area (Å²) >= 11 is 12.0. The van der Waals surface area contributed by atoms with Gasteiger partial charge >= 0.3 is 0 Å². The van der Waals surface area contributed by atoms with Gasteiger partial charge in [0.1, 0.15) is 6.04 Å². The van der Waals surface area contributed by atoms with Crippen molar-refractivity contribution in [3.8, 4) is 0 Å². The molecule has 154 valence electrons. The lowest BCUT2D eigenvalue weighted by Gasteiger charge is -2.29. The van der Waals surface area contributed by atoms with E-state index in [0.717, 1.165) is 0 Å². The fourth-order valence-corrected chi connectivity index (χ4v) is 3.16. The lowest BCUT2D eigenvalue weighted by atomic mass is 10.1. The van der Waals surface area contributed by atoms with Crippen molar-refractivity contribution in [1.29, 1.82) is 0 Å². The minimum atomic E-state index is -0.778. The van der Waals surface area contributed by atoms with Gasteiger partial charge in [0.05, 0.1) is 21.4 Å². The average Bonchev–Trinajstić information content (AvgIpc) is 2.68. The number of nitro benzene ring substituents is 1. The van der Waals surface area contributed by atoms with Gasteiger partial charge in [-0.05, 0) is 31.5 Å². The molecule has 0 bridgehead atoms. The first-order chi connectivity index (χ1) is 13.7. The van der Waals surface area contributed by atoms with E-state index >= 15 is 0 Å². The number of para-hydroxylation sites is 1. The Bertz CT molecular complexity index is 920. The zero-order valence-corrected chi connectivity index (χ0v) is 17.5. The molecule has 0 aliphatic heterocycles. The summed E-state index contributed by atoms with van der Waals surface area (Å²) in [7, 11) is 0. The third kappa shape index (κ3) is 5.92. The molecule has 1 atom stereocenters. The lowest BCUT2D eigenvalue weighted by Crippen LogP contribution is -2.48. The van der Waals surface area contributed by atoms with Gasteiger partial charge in [0, 0.05) is 24.7 Å². The van der Waals surface area contributed by atoms with Crippen molar-refractivity contribution in [2.45, 2.75) is 32.9 Å². The summed E-state index contributed by atoms with van der Waals surface area (Å²) in [5, 5.41) is 14.7. The van der Waals surface area contributed by atoms with Crippen LogP contribution in [0, 0.1) is 10.1 Å². The van der Waals surface area contributed by atoms with Gasteiger partial charge in [-0.2, -0.15) is 0 Å². The van der Waals surface area contributed by atoms with E-state index in [0.29, 0.717) is 22.2 Å². The number of carbonyl (C=O) groups excluding carboxylic acids is 2. The van der Waals surface area contributed by atoms with E-state index in [9.17, 15) is 19.7 Å². The molecule has 29 heavy (non-hydrogen) atoms. The molecule has 0 aliphatic rings. The second-order valence-corrected chi connectivity index (χ2v) is 7.22. The molecule has 0 fully saturated rings. The number of nitrogens with zero attached hydrogens (tertiary/aromatic N) is 2. The van der Waals surface area contributed by atoms with Crippen LogP contribution >= 0.6 is 23.2 Å². The highest BCUT2D eigenvalue weighted by Gasteiger charge is 2.27. The number of hydrogen-bond donors (Lipinski definition) is 1. The first-order valence-electron chi connectivity index (χ1n) is 8.98. The number of hydrogen-bond acceptors (Lipinski definition) is 4. The third-order valence-electron chi connectivity index (χ3n) is 4.39. The Morgan fingerprint density at radius 3 is 2.48 bits per heavy atom. The van der Waals surface area contributed by atoms with Crippen molar-refractivity contribution >= 4 is 40.7 Å². The first kappa shape index (κ1) is 22.6. The second kappa shape index (κ2) is 10.2. The molecule has 7 nitrogen and oxygen atoms in total. The molecular formula is C20H21Cl2N3O4. The molecule has 0 radical (unpaired) electrons. The molecule has 0 spiro atoms. The van der Waals surface area contributed by atoms with Crippen LogP contribution in [-0.4, -0.2) is 34.2 Å². The predicted octanol–water partition coefficient (Wildman–Crippen LogP) is 4.00. The molecule has 2 rings (SSSR count). The van der Waals surface area contributed by atoms with Gasteiger partial charge in [-0.1, -0.05) is 47.5 Å². The number of benzene rings is 2. The predicted molar refractivity (Wildman–Crippen MR) is 112 cm³/mol. The van der Waals surface area contributed by atoms with E-state index in [-0.39, 0.29) is 30.1 Å². The fourth-order valence-electron chi connectivity index (χ4n) is 2.84. The first-order valence-corrected chi connectivity index (χ1v) is 9.73. The van der Waals surface area contributed by atoms with Gasteiger partial charge in [-0.3, -0.25) is 19.7 Å². The zero-order chi connectivity index (χ0) is 21.6. The van der Waals surface area contributed by atoms with Crippen LogP contribution in [0.5, 0.6) is 0 Å². The third-order valence-corrected chi connectivity index (χ3v) is 5.12. The zero-order valence-electron chi connectivity index (χ0n) is 16.0. The SMILES string of the molecule is CCNC(=O)C(C)N(Cc1ccc(Cl)c(Cl)c1)C(=O)Cc1ccccc1[N+](=O)[O-]. The summed E-state index contributed by atoms with van der Waals surface area (Å²) in [6, 6.07) is 10.2. The molecule has 0 aliphatic carbocycles. The van der Waals surface area contributed by atoms with E-state index in [2.05, 4.69) is 5.32 Å². The molecule has 9 heteroatoms. The molecule has 0 saturated heterocycles. The standard InChI is InChI=1S/C20H21Cl2N3O4/c1-3-23-20(27)13(2)24(12-14-8-9-16(21)17(22)10-14)19(26)11-15-6-4-5-7-18(15)25(28)29/h4-10,13H,3,11-12H2,1-2H3,(H,23,27). The average molecular weight is 438 g/mol. The van der Waals surface area contributed by atoms with Gasteiger partial charge in [-0.25, -0.2) is 0 Å². The van der Waals surface area contributed by atoms with Gasteiger partial charge in [-0.15, -0.1) is 0 Å². The Labute approximate surface area is 178 Å². The Hall–Kier alpha value is -2.64. The van der Waals surface area contributed by atoms with Gasteiger partial charge in [0.25, 0.3) is 5.69 Å². The number of amides is 2. The summed E-state index contributed by atoms with van der Waals surface area (Å²) in [4.78, 5) is 37.5. The Kier molecular flexibility index (Phi) is 7.99. The fraction of sp³-hybridized carbons (Fsp3) is 0.300. The van der Waals surface area contributed by atoms with E-state index in [1.54, 1.807) is 38.1 Å². The maximum Gasteiger partial charge on any atom is 0.273 e. The van der Waals surface area contributed by atoms with Gasteiger partial charge in [0.15, 0.2) is 0 Å². The van der Waals surface area contributed by atoms with Crippen LogP contribution in [0.25, 0.3) is 0 Å². The molecule has 2 amide bonds. The quantitative estimate of drug-likeness (QED) is 0.498. The van der Waals surface area contributed by atoms with Crippen LogP contribution in [0.15, 0.2) is 42.5 Å². The lowest BCUT2D eigenvalue weighted by molar-refractivity contribution is -0.385. The van der Waals surface area contributed by atoms with Crippen molar-refractivity contribution in [1.82, 2.24) is 10.2 Å². The summed E-state index contributed by atoms with van der Waals surface area (Å²) in [6.45, 7) is 3.92. The van der Waals surface area contributed by atoms with Crippen LogP contribution in [0.4, 0.5) is 5.69 Å². The topological polar surface area (TPSA) is 92.6 Å². The Balaban J connectivity index is 2.33. The van der Waals surface area contributed by atoms with Crippen molar-refractivity contribution < 1.29 is 14.5 Å². The number of nitrogens with one attached hydrogen (secondary N) is 1. The van der Waals surface area contributed by atoms with Crippen LogP contribution in [-0.2, 0) is 22.6 Å². The summed E-state index contributed by atoms with van der Waals surface area (Å²) in [5.74, 6) is -0.729. The highest BCUT2D eigenvalue weighted by molar-refractivity contribution is 6.42. The molecule has 2 aromatic rings. The van der Waals surface area contributed by atoms with E-state index in [1.165, 1.54) is 23.1 Å². The molecule has 1 unspecified atom stereocenters. The molecule has 0 aromatic heterocycles. The summed E-state index contributed by atoms with van der Waals surface area (Å²) < 4.78 is 0. The van der Waals surface area contributed by atoms with Crippen LogP contribution in [0.3, 0.4) is 0 Å². The van der Waals surface area contributed by atoms with Gasteiger partial charge < -0.3 is 10.2 Å². The monoisotopic (exact) mass is 437 g/mol. The number of nitro groups is 1. The smallest absolute Gasteiger partial charge is 0.273 e. The van der Waals surface area contributed by atoms with Crippen LogP contribution in [0.1, 0.15) is 25.0 Å². The summed E-state index contributed by atoms with van der Waals surface area (Å²) in [5.41, 5.74) is 0.831. The van der Waals surface area contributed by atoms with Crippen LogP contribution in [0.2, 0.25) is 10.0 Å². The number of rotatable bonds is 8. The van der Waals surface area contributed by atoms with Crippen molar-refractivity contribution in [2.75, 3.05) is 6.54 Å². The minimum Gasteiger partial charge on any atom is -0.355 e. The highest BCUT2D eigenvalue weighted by atomic mass is 35.5. The minimum absolute atomic E-state index is 0.106. The van der Waals surface area contributed by atoms with E-state index < -0.39 is 16.9 Å². The van der Waals surface area contributed by atoms with Crippen molar-refractivity contribution in [3.05, 3.63) is 73.8 Å². The van der Waals surface area contributed by atoms with Gasteiger partial charge in [0.2, 0.25) is 11.8 Å². The maximum absolute atomic E-state index is 13.1. The number of likely N-dealkylation sites (N-methyl/N-ethyl adjacent to an activating group) is 1. The second-order valence-electron chi connectivity index (χ2n) is 6.40. The Morgan fingerprint density at radius 1 is 1.17 bits per heavy atom. The number of halogens is 2. The molecule has 1 N–H and O–H groups in total. The number of carbonyl (C=O) groups is 2.